The highest BCUT2D eigenvalue weighted by molar-refractivity contribution is 14.0. The maximum atomic E-state index is 4.32. The standard InChI is InChI=1S/C16H23BrN6.HI/c1-18-16(22(2)11-15-20-12-21-23(15)3)19-9-5-7-13-6-4-8-14(17)10-13;/h4,6,8,10,12H,5,7,9,11H2,1-3H3,(H,18,19);1H. The van der Waals surface area contributed by atoms with Crippen LogP contribution >= 0.6 is 39.9 Å². The molecule has 0 unspecified atom stereocenters. The highest BCUT2D eigenvalue weighted by Gasteiger charge is 2.09. The van der Waals surface area contributed by atoms with E-state index < -0.39 is 0 Å². The van der Waals surface area contributed by atoms with E-state index in [-0.39, 0.29) is 24.0 Å². The number of hydrogen-bond acceptors (Lipinski definition) is 3. The molecule has 0 saturated heterocycles. The van der Waals surface area contributed by atoms with Crippen molar-refractivity contribution in [3.05, 3.63) is 46.5 Å². The molecule has 132 valence electrons. The summed E-state index contributed by atoms with van der Waals surface area (Å²) in [7, 11) is 5.69. The number of aliphatic imine (C=N–C) groups is 1. The van der Waals surface area contributed by atoms with Crippen molar-refractivity contribution in [2.45, 2.75) is 19.4 Å². The zero-order valence-corrected chi connectivity index (χ0v) is 18.2. The van der Waals surface area contributed by atoms with Crippen molar-refractivity contribution in [3.8, 4) is 0 Å². The van der Waals surface area contributed by atoms with E-state index >= 15 is 0 Å². The minimum absolute atomic E-state index is 0. The minimum atomic E-state index is 0. The van der Waals surface area contributed by atoms with Gasteiger partial charge in [0.05, 0.1) is 6.54 Å². The van der Waals surface area contributed by atoms with Gasteiger partial charge < -0.3 is 10.2 Å². The molecule has 2 rings (SSSR count). The molecule has 1 aromatic carbocycles. The third kappa shape index (κ3) is 6.39. The van der Waals surface area contributed by atoms with Crippen LogP contribution in [0.15, 0.2) is 40.1 Å². The van der Waals surface area contributed by atoms with E-state index in [0.29, 0.717) is 6.54 Å². The van der Waals surface area contributed by atoms with Gasteiger partial charge in [-0.1, -0.05) is 28.1 Å². The second-order valence-electron chi connectivity index (χ2n) is 5.36. The van der Waals surface area contributed by atoms with Crippen molar-refractivity contribution in [2.75, 3.05) is 20.6 Å². The first-order chi connectivity index (χ1) is 11.1. The van der Waals surface area contributed by atoms with E-state index in [4.69, 9.17) is 0 Å². The molecule has 0 radical (unpaired) electrons. The number of nitrogens with one attached hydrogen (secondary N) is 1. The predicted molar refractivity (Wildman–Crippen MR) is 112 cm³/mol. The molecular weight excluding hydrogens is 483 g/mol. The molecule has 0 aliphatic heterocycles. The van der Waals surface area contributed by atoms with Gasteiger partial charge in [0.25, 0.3) is 0 Å². The van der Waals surface area contributed by atoms with Gasteiger partial charge in [-0.3, -0.25) is 9.67 Å². The number of hydrogen-bond donors (Lipinski definition) is 1. The Balaban J connectivity index is 0.00000288. The number of nitrogens with zero attached hydrogens (tertiary/aromatic N) is 5. The van der Waals surface area contributed by atoms with Crippen LogP contribution in [0.25, 0.3) is 0 Å². The molecule has 24 heavy (non-hydrogen) atoms. The number of benzene rings is 1. The van der Waals surface area contributed by atoms with Gasteiger partial charge in [0, 0.05) is 32.2 Å². The molecule has 0 spiro atoms. The van der Waals surface area contributed by atoms with Crippen molar-refractivity contribution in [1.29, 1.82) is 0 Å². The summed E-state index contributed by atoms with van der Waals surface area (Å²) in [6.45, 7) is 1.55. The van der Waals surface area contributed by atoms with Crippen LogP contribution in [-0.4, -0.2) is 46.3 Å². The molecule has 0 amide bonds. The number of halogens is 2. The fourth-order valence-corrected chi connectivity index (χ4v) is 2.77. The number of rotatable bonds is 6. The van der Waals surface area contributed by atoms with Crippen LogP contribution in [-0.2, 0) is 20.0 Å². The zero-order chi connectivity index (χ0) is 16.7. The summed E-state index contributed by atoms with van der Waals surface area (Å²) in [5.74, 6) is 1.77. The number of aryl methyl sites for hydroxylation is 2. The maximum absolute atomic E-state index is 4.32. The normalized spacial score (nSPS) is 11.1. The van der Waals surface area contributed by atoms with Gasteiger partial charge in [0.1, 0.15) is 12.2 Å². The van der Waals surface area contributed by atoms with E-state index in [9.17, 15) is 0 Å². The Bertz CT molecular complexity index is 658. The van der Waals surface area contributed by atoms with E-state index in [2.05, 4.69) is 54.5 Å². The van der Waals surface area contributed by atoms with Gasteiger partial charge in [0.15, 0.2) is 5.96 Å². The zero-order valence-electron chi connectivity index (χ0n) is 14.2. The van der Waals surface area contributed by atoms with Crippen LogP contribution in [0.5, 0.6) is 0 Å². The van der Waals surface area contributed by atoms with E-state index in [1.54, 1.807) is 18.1 Å². The summed E-state index contributed by atoms with van der Waals surface area (Å²) >= 11 is 3.50. The summed E-state index contributed by atoms with van der Waals surface area (Å²) in [5, 5.41) is 7.48. The largest absolute Gasteiger partial charge is 0.356 e. The Hall–Kier alpha value is -1.16. The van der Waals surface area contributed by atoms with Crippen LogP contribution in [0.1, 0.15) is 17.8 Å². The van der Waals surface area contributed by atoms with Gasteiger partial charge >= 0.3 is 0 Å². The fourth-order valence-electron chi connectivity index (χ4n) is 2.32. The van der Waals surface area contributed by atoms with Crippen molar-refractivity contribution in [1.82, 2.24) is 25.0 Å². The Labute approximate surface area is 168 Å². The summed E-state index contributed by atoms with van der Waals surface area (Å²) < 4.78 is 2.90. The quantitative estimate of drug-likeness (QED) is 0.283. The first-order valence-corrected chi connectivity index (χ1v) is 8.38. The average Bonchev–Trinajstić information content (AvgIpc) is 2.92. The SMILES string of the molecule is CN=C(NCCCc1cccc(Br)c1)N(C)Cc1ncnn1C.I. The van der Waals surface area contributed by atoms with Crippen LogP contribution < -0.4 is 5.32 Å². The Morgan fingerprint density at radius 2 is 2.21 bits per heavy atom. The Morgan fingerprint density at radius 3 is 2.83 bits per heavy atom. The lowest BCUT2D eigenvalue weighted by Gasteiger charge is -2.21. The molecule has 8 heteroatoms. The van der Waals surface area contributed by atoms with Crippen LogP contribution in [0.2, 0.25) is 0 Å². The molecule has 6 nitrogen and oxygen atoms in total. The van der Waals surface area contributed by atoms with Crippen LogP contribution in [0.4, 0.5) is 0 Å². The van der Waals surface area contributed by atoms with Gasteiger partial charge in [0.2, 0.25) is 0 Å². The second kappa shape index (κ2) is 10.7. The van der Waals surface area contributed by atoms with Gasteiger partial charge in [-0.05, 0) is 30.5 Å². The van der Waals surface area contributed by atoms with Gasteiger partial charge in [-0.15, -0.1) is 24.0 Å². The molecule has 0 aliphatic rings. The molecule has 0 saturated carbocycles. The maximum Gasteiger partial charge on any atom is 0.193 e. The number of guanidine groups is 1. The lowest BCUT2D eigenvalue weighted by atomic mass is 10.1. The molecular formula is C16H24BrIN6. The van der Waals surface area contributed by atoms with Crippen molar-refractivity contribution in [3.63, 3.8) is 0 Å². The molecule has 0 atom stereocenters. The van der Waals surface area contributed by atoms with E-state index in [0.717, 1.165) is 35.6 Å². The fraction of sp³-hybridized carbons (Fsp3) is 0.438. The summed E-state index contributed by atoms with van der Waals surface area (Å²) in [5.41, 5.74) is 1.34. The second-order valence-corrected chi connectivity index (χ2v) is 6.28. The molecule has 0 fully saturated rings. The summed E-state index contributed by atoms with van der Waals surface area (Å²) in [6, 6.07) is 8.43. The van der Waals surface area contributed by atoms with Crippen molar-refractivity contribution in [2.24, 2.45) is 12.0 Å². The first-order valence-electron chi connectivity index (χ1n) is 7.59. The monoisotopic (exact) mass is 506 g/mol. The third-order valence-electron chi connectivity index (χ3n) is 3.57. The molecule has 1 aromatic heterocycles. The van der Waals surface area contributed by atoms with Crippen molar-refractivity contribution < 1.29 is 0 Å². The smallest absolute Gasteiger partial charge is 0.193 e. The lowest BCUT2D eigenvalue weighted by molar-refractivity contribution is 0.448. The summed E-state index contributed by atoms with van der Waals surface area (Å²) in [4.78, 5) is 10.6. The highest BCUT2D eigenvalue weighted by Crippen LogP contribution is 2.12. The first kappa shape index (κ1) is 20.9. The number of aromatic nitrogens is 3. The molecule has 2 aromatic rings. The summed E-state index contributed by atoms with van der Waals surface area (Å²) in [6.07, 6.45) is 3.65. The molecule has 0 aliphatic carbocycles. The lowest BCUT2D eigenvalue weighted by Crippen LogP contribution is -2.39. The minimum Gasteiger partial charge on any atom is -0.356 e. The average molecular weight is 507 g/mol. The molecule has 0 bridgehead atoms. The van der Waals surface area contributed by atoms with Gasteiger partial charge in [-0.2, -0.15) is 5.10 Å². The van der Waals surface area contributed by atoms with Crippen LogP contribution in [0, 0.1) is 0 Å². The Morgan fingerprint density at radius 1 is 1.42 bits per heavy atom. The highest BCUT2D eigenvalue weighted by atomic mass is 127. The Kier molecular flexibility index (Phi) is 9.27. The van der Waals surface area contributed by atoms with E-state index in [1.807, 2.05) is 25.1 Å². The third-order valence-corrected chi connectivity index (χ3v) is 4.06. The van der Waals surface area contributed by atoms with Crippen LogP contribution in [0.3, 0.4) is 0 Å². The van der Waals surface area contributed by atoms with E-state index in [1.165, 1.54) is 5.56 Å². The molecule has 1 N–H and O–H groups in total. The predicted octanol–water partition coefficient (Wildman–Crippen LogP) is 2.84. The van der Waals surface area contributed by atoms with Gasteiger partial charge in [-0.25, -0.2) is 4.98 Å². The molecule has 1 heterocycles. The van der Waals surface area contributed by atoms with Crippen molar-refractivity contribution >= 4 is 45.9 Å². The topological polar surface area (TPSA) is 58.3 Å².